The third-order valence-electron chi connectivity index (χ3n) is 9.47. The molecule has 0 amide bonds. The molecule has 0 radical (unpaired) electrons. The minimum Gasteiger partial charge on any atom is -0.756 e. The van der Waals surface area contributed by atoms with Crippen molar-refractivity contribution >= 4 is 19.8 Å². The number of phosphoric ester groups is 1. The molecule has 0 N–H and O–H groups in total. The number of rotatable bonds is 40. The molecule has 0 aromatic rings. The molecule has 0 rings (SSSR count). The highest BCUT2D eigenvalue weighted by molar-refractivity contribution is 7.45. The van der Waals surface area contributed by atoms with Gasteiger partial charge in [-0.1, -0.05) is 160 Å². The van der Waals surface area contributed by atoms with E-state index in [1.165, 1.54) is 103 Å². The van der Waals surface area contributed by atoms with Crippen molar-refractivity contribution in [1.29, 1.82) is 0 Å². The van der Waals surface area contributed by atoms with Gasteiger partial charge in [0.25, 0.3) is 7.82 Å². The molecule has 0 aliphatic carbocycles. The largest absolute Gasteiger partial charge is 0.756 e. The third kappa shape index (κ3) is 40.2. The highest BCUT2D eigenvalue weighted by atomic mass is 31.2. The number of hydrogen-bond donors (Lipinski definition) is 0. The van der Waals surface area contributed by atoms with Crippen molar-refractivity contribution in [2.45, 2.75) is 200 Å². The van der Waals surface area contributed by atoms with Gasteiger partial charge in [0.2, 0.25) is 0 Å². The number of allylic oxidation sites excluding steroid dienone is 4. The molecule has 0 aromatic heterocycles. The Morgan fingerprint density at radius 2 is 1.00 bits per heavy atom. The van der Waals surface area contributed by atoms with Crippen molar-refractivity contribution in [2.75, 3.05) is 47.5 Å². The van der Waals surface area contributed by atoms with Crippen LogP contribution in [0, 0.1) is 0 Å². The molecule has 9 nitrogen and oxygen atoms in total. The van der Waals surface area contributed by atoms with E-state index in [4.69, 9.17) is 18.5 Å². The van der Waals surface area contributed by atoms with Gasteiger partial charge in [-0.05, 0) is 44.9 Å². The van der Waals surface area contributed by atoms with E-state index in [-0.39, 0.29) is 26.1 Å². The lowest BCUT2D eigenvalue weighted by molar-refractivity contribution is -0.870. The second-order valence-electron chi connectivity index (χ2n) is 16.1. The monoisotopic (exact) mass is 786 g/mol. The van der Waals surface area contributed by atoms with Gasteiger partial charge in [-0.2, -0.15) is 0 Å². The summed E-state index contributed by atoms with van der Waals surface area (Å²) in [6, 6.07) is 0. The van der Waals surface area contributed by atoms with Gasteiger partial charge in [0.15, 0.2) is 6.10 Å². The van der Waals surface area contributed by atoms with Crippen molar-refractivity contribution in [3.05, 3.63) is 24.3 Å². The smallest absolute Gasteiger partial charge is 0.306 e. The van der Waals surface area contributed by atoms with Crippen LogP contribution in [-0.2, 0) is 32.7 Å². The first-order valence-electron chi connectivity index (χ1n) is 22.0. The van der Waals surface area contributed by atoms with Crippen LogP contribution in [0.25, 0.3) is 0 Å². The van der Waals surface area contributed by atoms with Crippen LogP contribution in [0.2, 0.25) is 0 Å². The first kappa shape index (κ1) is 52.5. The quantitative estimate of drug-likeness (QED) is 0.0198. The molecule has 0 aromatic carbocycles. The molecule has 0 fully saturated rings. The number of hydrogen-bond acceptors (Lipinski definition) is 8. The van der Waals surface area contributed by atoms with E-state index < -0.39 is 32.5 Å². The Labute approximate surface area is 332 Å². The van der Waals surface area contributed by atoms with Crippen molar-refractivity contribution in [2.24, 2.45) is 0 Å². The number of phosphoric acid groups is 1. The van der Waals surface area contributed by atoms with Crippen LogP contribution in [-0.4, -0.2) is 70.0 Å². The highest BCUT2D eigenvalue weighted by Crippen LogP contribution is 2.38. The van der Waals surface area contributed by atoms with Crippen molar-refractivity contribution in [3.8, 4) is 0 Å². The zero-order valence-corrected chi connectivity index (χ0v) is 36.6. The van der Waals surface area contributed by atoms with Gasteiger partial charge in [-0.3, -0.25) is 14.2 Å². The molecule has 0 aliphatic heterocycles. The lowest BCUT2D eigenvalue weighted by Gasteiger charge is -2.28. The number of ether oxygens (including phenoxy) is 2. The van der Waals surface area contributed by atoms with E-state index in [9.17, 15) is 19.0 Å². The molecule has 0 spiro atoms. The van der Waals surface area contributed by atoms with Crippen LogP contribution in [0.1, 0.15) is 194 Å². The van der Waals surface area contributed by atoms with Crippen LogP contribution in [0.5, 0.6) is 0 Å². The molecule has 2 atom stereocenters. The van der Waals surface area contributed by atoms with E-state index in [2.05, 4.69) is 38.2 Å². The molecule has 1 unspecified atom stereocenters. The molecule has 318 valence electrons. The molecule has 0 bridgehead atoms. The summed E-state index contributed by atoms with van der Waals surface area (Å²) in [6.45, 7) is 4.20. The van der Waals surface area contributed by atoms with Crippen LogP contribution in [0.15, 0.2) is 24.3 Å². The molecule has 0 saturated carbocycles. The number of unbranched alkanes of at least 4 members (excludes halogenated alkanes) is 22. The van der Waals surface area contributed by atoms with E-state index in [0.29, 0.717) is 23.9 Å². The first-order chi connectivity index (χ1) is 26.0. The Balaban J connectivity index is 4.37. The van der Waals surface area contributed by atoms with Crippen molar-refractivity contribution in [1.82, 2.24) is 0 Å². The summed E-state index contributed by atoms with van der Waals surface area (Å²) in [5.74, 6) is -0.844. The van der Waals surface area contributed by atoms with Gasteiger partial charge in [0.1, 0.15) is 19.8 Å². The maximum atomic E-state index is 12.7. The van der Waals surface area contributed by atoms with Gasteiger partial charge in [0, 0.05) is 12.8 Å². The van der Waals surface area contributed by atoms with Crippen LogP contribution >= 0.6 is 7.82 Å². The van der Waals surface area contributed by atoms with Gasteiger partial charge in [-0.25, -0.2) is 0 Å². The maximum absolute atomic E-state index is 12.7. The molecular formula is C44H84NO8P. The number of quaternary nitrogens is 1. The van der Waals surface area contributed by atoms with Crippen LogP contribution in [0.3, 0.4) is 0 Å². The normalized spacial score (nSPS) is 13.8. The van der Waals surface area contributed by atoms with Gasteiger partial charge < -0.3 is 27.9 Å². The number of carbonyl (C=O) groups excluding carboxylic acids is 2. The number of carbonyl (C=O) groups is 2. The Hall–Kier alpha value is -1.51. The van der Waals surface area contributed by atoms with E-state index in [0.717, 1.165) is 51.4 Å². The summed E-state index contributed by atoms with van der Waals surface area (Å²) >= 11 is 0. The number of likely N-dealkylation sites (N-methyl/N-ethyl adjacent to an activating group) is 1. The zero-order chi connectivity index (χ0) is 40.0. The van der Waals surface area contributed by atoms with Crippen molar-refractivity contribution in [3.63, 3.8) is 0 Å². The fourth-order valence-electron chi connectivity index (χ4n) is 5.98. The topological polar surface area (TPSA) is 111 Å². The van der Waals surface area contributed by atoms with Gasteiger partial charge in [-0.15, -0.1) is 0 Å². The Kier molecular flexibility index (Phi) is 36.1. The van der Waals surface area contributed by atoms with Gasteiger partial charge >= 0.3 is 11.9 Å². The summed E-state index contributed by atoms with van der Waals surface area (Å²) in [5.41, 5.74) is 0. The number of nitrogens with zero attached hydrogens (tertiary/aromatic N) is 1. The molecule has 0 saturated heterocycles. The average Bonchev–Trinajstić information content (AvgIpc) is 3.12. The summed E-state index contributed by atoms with van der Waals surface area (Å²) in [7, 11) is 1.16. The predicted octanol–water partition coefficient (Wildman–Crippen LogP) is 11.7. The number of esters is 2. The van der Waals surface area contributed by atoms with Crippen LogP contribution < -0.4 is 4.89 Å². The Morgan fingerprint density at radius 1 is 0.574 bits per heavy atom. The third-order valence-corrected chi connectivity index (χ3v) is 10.4. The van der Waals surface area contributed by atoms with E-state index in [1.54, 1.807) is 0 Å². The standard InChI is InChI=1S/C44H84NO8P/c1-6-8-10-12-14-16-18-20-22-24-26-28-30-32-34-36-43(46)50-40-42(41-52-54(48,49)51-39-38-45(3,4)5)53-44(47)37-35-33-31-29-27-25-23-21-19-17-15-13-11-9-7-2/h14,16,20,22,42H,6-13,15,17-19,21,23-41H2,1-5H3/b16-14+,22-20+/t42-/m1/s1. The lowest BCUT2D eigenvalue weighted by Crippen LogP contribution is -2.37. The van der Waals surface area contributed by atoms with E-state index >= 15 is 0 Å². The Morgan fingerprint density at radius 3 is 1.50 bits per heavy atom. The second-order valence-corrected chi connectivity index (χ2v) is 17.5. The van der Waals surface area contributed by atoms with Gasteiger partial charge in [0.05, 0.1) is 27.7 Å². The molecule has 0 heterocycles. The molecular weight excluding hydrogens is 701 g/mol. The lowest BCUT2D eigenvalue weighted by atomic mass is 10.0. The van der Waals surface area contributed by atoms with Crippen LogP contribution in [0.4, 0.5) is 0 Å². The summed E-state index contributed by atoms with van der Waals surface area (Å²) in [6.07, 6.45) is 39.1. The SMILES string of the molecule is CCCCC/C=C/C/C=C/CCCCCCCC(=O)OC[C@H](COP(=O)([O-])OCC[N+](C)(C)C)OC(=O)CCCCCCCCCCCCCCCCC. The summed E-state index contributed by atoms with van der Waals surface area (Å²) in [5, 5.41) is 0. The van der Waals surface area contributed by atoms with E-state index in [1.807, 2.05) is 21.1 Å². The highest BCUT2D eigenvalue weighted by Gasteiger charge is 2.21. The first-order valence-corrected chi connectivity index (χ1v) is 23.5. The summed E-state index contributed by atoms with van der Waals surface area (Å²) in [4.78, 5) is 37.5. The fourth-order valence-corrected chi connectivity index (χ4v) is 6.71. The summed E-state index contributed by atoms with van der Waals surface area (Å²) < 4.78 is 33.9. The van der Waals surface area contributed by atoms with Crippen molar-refractivity contribution < 1.29 is 42.1 Å². The zero-order valence-electron chi connectivity index (χ0n) is 35.7. The Bertz CT molecular complexity index is 980. The average molecular weight is 786 g/mol. The minimum absolute atomic E-state index is 0.0313. The molecule has 10 heteroatoms. The molecule has 54 heavy (non-hydrogen) atoms. The maximum Gasteiger partial charge on any atom is 0.306 e. The molecule has 0 aliphatic rings. The second kappa shape index (κ2) is 37.1. The predicted molar refractivity (Wildman–Crippen MR) is 222 cm³/mol. The fraction of sp³-hybridized carbons (Fsp3) is 0.864. The minimum atomic E-state index is -4.62.